The number of fused-ring (bicyclic) bond motifs is 1. The monoisotopic (exact) mass is 147 g/mol. The summed E-state index contributed by atoms with van der Waals surface area (Å²) in [6, 6.07) is 8.00. The number of benzene rings is 1. The van der Waals surface area contributed by atoms with Gasteiger partial charge >= 0.3 is 0 Å². The van der Waals surface area contributed by atoms with Gasteiger partial charge in [0.25, 0.3) is 0 Å². The molecule has 1 aliphatic rings. The number of hydrogen-bond donors (Lipinski definition) is 1. The van der Waals surface area contributed by atoms with Crippen LogP contribution in [-0.2, 0) is 11.2 Å². The normalized spacial score (nSPS) is 20.5. The van der Waals surface area contributed by atoms with Crippen LogP contribution < -0.4 is 5.32 Å². The van der Waals surface area contributed by atoms with Gasteiger partial charge in [-0.2, -0.15) is 0 Å². The maximum Gasteiger partial charge on any atom is 0.142 e. The van der Waals surface area contributed by atoms with Gasteiger partial charge in [-0.1, -0.05) is 18.2 Å². The third kappa shape index (κ3) is 1.00. The fourth-order valence-electron chi connectivity index (χ4n) is 1.41. The van der Waals surface area contributed by atoms with Crippen molar-refractivity contribution in [2.45, 2.75) is 12.5 Å². The molecule has 0 amide bonds. The molecule has 2 rings (SSSR count). The summed E-state index contributed by atoms with van der Waals surface area (Å²) in [5.41, 5.74) is 2.34. The van der Waals surface area contributed by atoms with Crippen LogP contribution in [-0.4, -0.2) is 12.3 Å². The predicted molar refractivity (Wildman–Crippen MR) is 43.6 cm³/mol. The van der Waals surface area contributed by atoms with E-state index >= 15 is 0 Å². The van der Waals surface area contributed by atoms with E-state index in [-0.39, 0.29) is 6.04 Å². The van der Waals surface area contributed by atoms with Gasteiger partial charge in [0.1, 0.15) is 6.29 Å². The lowest BCUT2D eigenvalue weighted by molar-refractivity contribution is -0.108. The molecule has 1 heterocycles. The summed E-state index contributed by atoms with van der Waals surface area (Å²) in [4.78, 5) is 10.4. The summed E-state index contributed by atoms with van der Waals surface area (Å²) in [6.45, 7) is 0. The zero-order valence-electron chi connectivity index (χ0n) is 6.08. The van der Waals surface area contributed by atoms with Gasteiger partial charge in [0, 0.05) is 12.1 Å². The molecule has 2 nitrogen and oxygen atoms in total. The molecule has 1 aromatic rings. The number of para-hydroxylation sites is 1. The summed E-state index contributed by atoms with van der Waals surface area (Å²) in [5, 5.41) is 3.12. The Morgan fingerprint density at radius 2 is 2.27 bits per heavy atom. The van der Waals surface area contributed by atoms with Crippen molar-refractivity contribution in [2.75, 3.05) is 5.32 Å². The Balaban J connectivity index is 2.33. The molecule has 0 bridgehead atoms. The Morgan fingerprint density at radius 3 is 3.00 bits per heavy atom. The van der Waals surface area contributed by atoms with Gasteiger partial charge in [-0.15, -0.1) is 0 Å². The van der Waals surface area contributed by atoms with Crippen LogP contribution >= 0.6 is 0 Å². The number of aldehydes is 1. The van der Waals surface area contributed by atoms with Crippen LogP contribution in [0, 0.1) is 0 Å². The van der Waals surface area contributed by atoms with Gasteiger partial charge in [0.2, 0.25) is 0 Å². The van der Waals surface area contributed by atoms with Crippen molar-refractivity contribution < 1.29 is 4.79 Å². The Hall–Kier alpha value is -1.31. The van der Waals surface area contributed by atoms with Crippen LogP contribution in [0.4, 0.5) is 5.69 Å². The Morgan fingerprint density at radius 1 is 1.45 bits per heavy atom. The second kappa shape index (κ2) is 2.38. The molecule has 0 aliphatic carbocycles. The average molecular weight is 147 g/mol. The lowest BCUT2D eigenvalue weighted by Gasteiger charge is -1.99. The molecule has 0 saturated heterocycles. The van der Waals surface area contributed by atoms with Gasteiger partial charge < -0.3 is 10.1 Å². The number of nitrogens with one attached hydrogen (secondary N) is 1. The van der Waals surface area contributed by atoms with Crippen LogP contribution in [0.3, 0.4) is 0 Å². The topological polar surface area (TPSA) is 29.1 Å². The van der Waals surface area contributed by atoms with Gasteiger partial charge in [0.15, 0.2) is 0 Å². The average Bonchev–Trinajstić information content (AvgIpc) is 2.46. The fraction of sp³-hybridized carbons (Fsp3) is 0.222. The van der Waals surface area contributed by atoms with Crippen molar-refractivity contribution in [1.82, 2.24) is 0 Å². The SMILES string of the molecule is O=C[C@H]1Cc2ccccc2N1. The van der Waals surface area contributed by atoms with E-state index in [1.165, 1.54) is 5.56 Å². The maximum absolute atomic E-state index is 10.4. The first-order chi connectivity index (χ1) is 5.40. The highest BCUT2D eigenvalue weighted by Crippen LogP contribution is 2.23. The largest absolute Gasteiger partial charge is 0.375 e. The minimum absolute atomic E-state index is 0.00704. The van der Waals surface area contributed by atoms with E-state index in [9.17, 15) is 4.79 Å². The molecule has 1 aromatic carbocycles. The van der Waals surface area contributed by atoms with E-state index in [0.717, 1.165) is 18.4 Å². The number of hydrogen-bond acceptors (Lipinski definition) is 2. The number of rotatable bonds is 1. The summed E-state index contributed by atoms with van der Waals surface area (Å²) < 4.78 is 0. The molecule has 0 unspecified atom stereocenters. The van der Waals surface area contributed by atoms with Gasteiger partial charge in [0.05, 0.1) is 6.04 Å². The molecule has 0 aromatic heterocycles. The zero-order valence-corrected chi connectivity index (χ0v) is 6.08. The van der Waals surface area contributed by atoms with Crippen molar-refractivity contribution in [3.05, 3.63) is 29.8 Å². The molecule has 1 aliphatic heterocycles. The van der Waals surface area contributed by atoms with E-state index in [0.29, 0.717) is 0 Å². The number of anilines is 1. The quantitative estimate of drug-likeness (QED) is 0.605. The van der Waals surface area contributed by atoms with Crippen LogP contribution in [0.25, 0.3) is 0 Å². The first-order valence-corrected chi connectivity index (χ1v) is 3.70. The smallest absolute Gasteiger partial charge is 0.142 e. The van der Waals surface area contributed by atoms with Crippen molar-refractivity contribution in [1.29, 1.82) is 0 Å². The van der Waals surface area contributed by atoms with Crippen molar-refractivity contribution in [2.24, 2.45) is 0 Å². The molecule has 2 heteroatoms. The minimum Gasteiger partial charge on any atom is -0.375 e. The van der Waals surface area contributed by atoms with E-state index < -0.39 is 0 Å². The van der Waals surface area contributed by atoms with E-state index in [4.69, 9.17) is 0 Å². The second-order valence-electron chi connectivity index (χ2n) is 2.75. The van der Waals surface area contributed by atoms with E-state index in [2.05, 4.69) is 5.32 Å². The van der Waals surface area contributed by atoms with Crippen LogP contribution in [0.5, 0.6) is 0 Å². The first-order valence-electron chi connectivity index (χ1n) is 3.70. The Labute approximate surface area is 65.2 Å². The molecule has 11 heavy (non-hydrogen) atoms. The molecule has 1 N–H and O–H groups in total. The van der Waals surface area contributed by atoms with Crippen molar-refractivity contribution in [3.8, 4) is 0 Å². The first kappa shape index (κ1) is 6.40. The molecular formula is C9H9NO. The lowest BCUT2D eigenvalue weighted by atomic mass is 10.1. The van der Waals surface area contributed by atoms with Gasteiger partial charge in [-0.05, 0) is 11.6 Å². The summed E-state index contributed by atoms with van der Waals surface area (Å²) >= 11 is 0. The standard InChI is InChI=1S/C9H9NO/c11-6-8-5-7-3-1-2-4-9(7)10-8/h1-4,6,8,10H,5H2/t8-/m1/s1. The summed E-state index contributed by atoms with van der Waals surface area (Å²) in [5.74, 6) is 0. The molecule has 0 radical (unpaired) electrons. The van der Waals surface area contributed by atoms with Crippen LogP contribution in [0.1, 0.15) is 5.56 Å². The maximum atomic E-state index is 10.4. The molecule has 1 atom stereocenters. The van der Waals surface area contributed by atoms with Crippen molar-refractivity contribution in [3.63, 3.8) is 0 Å². The van der Waals surface area contributed by atoms with Crippen LogP contribution in [0.2, 0.25) is 0 Å². The Kier molecular flexibility index (Phi) is 1.39. The Bertz CT molecular complexity index is 258. The molecule has 0 fully saturated rings. The van der Waals surface area contributed by atoms with Crippen molar-refractivity contribution >= 4 is 12.0 Å². The minimum atomic E-state index is -0.00704. The van der Waals surface area contributed by atoms with E-state index in [1.54, 1.807) is 0 Å². The molecule has 0 saturated carbocycles. The highest BCUT2D eigenvalue weighted by Gasteiger charge is 2.17. The molecule has 56 valence electrons. The predicted octanol–water partition coefficient (Wildman–Crippen LogP) is 1.22. The molecular weight excluding hydrogens is 138 g/mol. The molecule has 0 spiro atoms. The van der Waals surface area contributed by atoms with Crippen LogP contribution in [0.15, 0.2) is 24.3 Å². The third-order valence-electron chi connectivity index (χ3n) is 1.96. The lowest BCUT2D eigenvalue weighted by Crippen LogP contribution is -2.15. The highest BCUT2D eigenvalue weighted by molar-refractivity contribution is 5.71. The second-order valence-corrected chi connectivity index (χ2v) is 2.75. The highest BCUT2D eigenvalue weighted by atomic mass is 16.1. The van der Waals surface area contributed by atoms with Gasteiger partial charge in [-0.25, -0.2) is 0 Å². The van der Waals surface area contributed by atoms with E-state index in [1.807, 2.05) is 24.3 Å². The number of carbonyl (C=O) groups is 1. The summed E-state index contributed by atoms with van der Waals surface area (Å²) in [7, 11) is 0. The summed E-state index contributed by atoms with van der Waals surface area (Å²) in [6.07, 6.45) is 1.79. The van der Waals surface area contributed by atoms with Gasteiger partial charge in [-0.3, -0.25) is 0 Å². The zero-order chi connectivity index (χ0) is 7.68. The number of carbonyl (C=O) groups excluding carboxylic acids is 1. The fourth-order valence-corrected chi connectivity index (χ4v) is 1.41. The third-order valence-corrected chi connectivity index (χ3v) is 1.96.